The zero-order valence-electron chi connectivity index (χ0n) is 12.4. The lowest BCUT2D eigenvalue weighted by molar-refractivity contribution is -0.142. The zero-order chi connectivity index (χ0) is 16.3. The number of hydrogen-bond acceptors (Lipinski definition) is 0. The Morgan fingerprint density at radius 2 is 1.59 bits per heavy atom. The molecule has 0 atom stereocenters. The van der Waals surface area contributed by atoms with Crippen molar-refractivity contribution in [3.05, 3.63) is 47.0 Å². The SMILES string of the molecule is CC/C=C/C1CCC(c2cc(F)c(C(F)(F)F)c(F)c2)CC1. The van der Waals surface area contributed by atoms with Crippen molar-refractivity contribution in [1.82, 2.24) is 0 Å². The van der Waals surface area contributed by atoms with Crippen molar-refractivity contribution < 1.29 is 22.0 Å². The molecule has 0 saturated heterocycles. The maximum Gasteiger partial charge on any atom is 0.422 e. The van der Waals surface area contributed by atoms with Crippen molar-refractivity contribution >= 4 is 0 Å². The Labute approximate surface area is 127 Å². The van der Waals surface area contributed by atoms with Gasteiger partial charge in [0, 0.05) is 0 Å². The third kappa shape index (κ3) is 3.87. The van der Waals surface area contributed by atoms with Gasteiger partial charge in [-0.1, -0.05) is 19.1 Å². The van der Waals surface area contributed by atoms with E-state index in [2.05, 4.69) is 19.1 Å². The zero-order valence-corrected chi connectivity index (χ0v) is 12.4. The molecule has 0 N–H and O–H groups in total. The molecule has 0 radical (unpaired) electrons. The van der Waals surface area contributed by atoms with E-state index in [9.17, 15) is 22.0 Å². The molecule has 1 saturated carbocycles. The molecule has 1 aromatic rings. The molecule has 0 nitrogen and oxygen atoms in total. The molecule has 0 heterocycles. The van der Waals surface area contributed by atoms with Gasteiger partial charge in [-0.25, -0.2) is 8.78 Å². The molecule has 0 amide bonds. The van der Waals surface area contributed by atoms with Crippen LogP contribution in [0.15, 0.2) is 24.3 Å². The minimum absolute atomic E-state index is 0.0717. The van der Waals surface area contributed by atoms with Crippen LogP contribution in [-0.4, -0.2) is 0 Å². The summed E-state index contributed by atoms with van der Waals surface area (Å²) in [6, 6.07) is 1.69. The molecular formula is C17H19F5. The average Bonchev–Trinajstić information content (AvgIpc) is 2.43. The minimum atomic E-state index is -5.00. The van der Waals surface area contributed by atoms with Gasteiger partial charge in [0.25, 0.3) is 0 Å². The lowest BCUT2D eigenvalue weighted by Gasteiger charge is -2.27. The van der Waals surface area contributed by atoms with Gasteiger partial charge in [-0.15, -0.1) is 0 Å². The molecule has 1 fully saturated rings. The first-order chi connectivity index (χ1) is 10.3. The molecule has 0 bridgehead atoms. The monoisotopic (exact) mass is 318 g/mol. The van der Waals surface area contributed by atoms with Crippen molar-refractivity contribution in [2.45, 2.75) is 51.1 Å². The van der Waals surface area contributed by atoms with Crippen molar-refractivity contribution in [3.63, 3.8) is 0 Å². The summed E-state index contributed by atoms with van der Waals surface area (Å²) < 4.78 is 65.0. The van der Waals surface area contributed by atoms with Gasteiger partial charge in [-0.2, -0.15) is 13.2 Å². The van der Waals surface area contributed by atoms with Crippen LogP contribution in [0.3, 0.4) is 0 Å². The standard InChI is InChI=1S/C17H19F5/c1-2-3-4-11-5-7-12(8-6-11)13-9-14(18)16(15(19)10-13)17(20,21)22/h3-4,9-12H,2,5-8H2,1H3/b4-3+. The quantitative estimate of drug-likeness (QED) is 0.458. The Morgan fingerprint density at radius 3 is 2.05 bits per heavy atom. The third-order valence-corrected chi connectivity index (χ3v) is 4.24. The van der Waals surface area contributed by atoms with Gasteiger partial charge in [0.15, 0.2) is 0 Å². The summed E-state index contributed by atoms with van der Waals surface area (Å²) in [5.74, 6) is -2.65. The largest absolute Gasteiger partial charge is 0.422 e. The van der Waals surface area contributed by atoms with Gasteiger partial charge in [-0.3, -0.25) is 0 Å². The van der Waals surface area contributed by atoms with Crippen molar-refractivity contribution in [1.29, 1.82) is 0 Å². The molecule has 1 aliphatic carbocycles. The normalized spacial score (nSPS) is 23.2. The summed E-state index contributed by atoms with van der Waals surface area (Å²) in [6.07, 6.45) is 3.49. The van der Waals surface area contributed by atoms with E-state index in [1.807, 2.05) is 0 Å². The first-order valence-electron chi connectivity index (χ1n) is 7.55. The van der Waals surface area contributed by atoms with Gasteiger partial charge in [0.2, 0.25) is 0 Å². The summed E-state index contributed by atoms with van der Waals surface area (Å²) in [7, 11) is 0. The molecule has 0 spiro atoms. The first-order valence-corrected chi connectivity index (χ1v) is 7.55. The van der Waals surface area contributed by atoms with E-state index in [1.54, 1.807) is 0 Å². The molecule has 1 aliphatic rings. The first kappa shape index (κ1) is 17.0. The number of allylic oxidation sites excluding steroid dienone is 2. The second-order valence-corrected chi connectivity index (χ2v) is 5.81. The van der Waals surface area contributed by atoms with E-state index in [0.717, 1.165) is 44.2 Å². The Morgan fingerprint density at radius 1 is 1.05 bits per heavy atom. The lowest BCUT2D eigenvalue weighted by Crippen LogP contribution is -2.15. The van der Waals surface area contributed by atoms with Gasteiger partial charge >= 0.3 is 6.18 Å². The highest BCUT2D eigenvalue weighted by Gasteiger charge is 2.38. The van der Waals surface area contributed by atoms with E-state index in [0.29, 0.717) is 11.5 Å². The molecule has 5 heteroatoms. The highest BCUT2D eigenvalue weighted by Crippen LogP contribution is 2.39. The molecule has 0 aromatic heterocycles. The number of alkyl halides is 3. The van der Waals surface area contributed by atoms with E-state index >= 15 is 0 Å². The molecular weight excluding hydrogens is 299 g/mol. The Kier molecular flexibility index (Phi) is 5.24. The maximum atomic E-state index is 13.6. The van der Waals surface area contributed by atoms with Crippen LogP contribution < -0.4 is 0 Å². The van der Waals surface area contributed by atoms with Crippen LogP contribution in [0.2, 0.25) is 0 Å². The summed E-state index contributed by atoms with van der Waals surface area (Å²) in [6.45, 7) is 2.05. The molecule has 0 aliphatic heterocycles. The van der Waals surface area contributed by atoms with Crippen LogP contribution in [0.25, 0.3) is 0 Å². The number of benzene rings is 1. The summed E-state index contributed by atoms with van der Waals surface area (Å²) in [5.41, 5.74) is -1.46. The van der Waals surface area contributed by atoms with Crippen molar-refractivity contribution in [2.24, 2.45) is 5.92 Å². The smallest absolute Gasteiger partial charge is 0.206 e. The molecule has 122 valence electrons. The summed E-state index contributed by atoms with van der Waals surface area (Å²) >= 11 is 0. The number of rotatable bonds is 3. The predicted molar refractivity (Wildman–Crippen MR) is 75.5 cm³/mol. The van der Waals surface area contributed by atoms with Crippen LogP contribution in [-0.2, 0) is 6.18 Å². The molecule has 1 aromatic carbocycles. The van der Waals surface area contributed by atoms with Gasteiger partial charge in [0.05, 0.1) is 0 Å². The summed E-state index contributed by atoms with van der Waals surface area (Å²) in [5, 5.41) is 0. The van der Waals surface area contributed by atoms with E-state index in [1.165, 1.54) is 0 Å². The van der Waals surface area contributed by atoms with Crippen LogP contribution in [0.1, 0.15) is 56.1 Å². The predicted octanol–water partition coefficient (Wildman–Crippen LogP) is 6.22. The van der Waals surface area contributed by atoms with Crippen molar-refractivity contribution in [2.75, 3.05) is 0 Å². The highest BCUT2D eigenvalue weighted by molar-refractivity contribution is 5.30. The van der Waals surface area contributed by atoms with Gasteiger partial charge in [0.1, 0.15) is 17.2 Å². The Balaban J connectivity index is 2.13. The summed E-state index contributed by atoms with van der Waals surface area (Å²) in [4.78, 5) is 0. The second kappa shape index (κ2) is 6.80. The van der Waals surface area contributed by atoms with E-state index in [4.69, 9.17) is 0 Å². The van der Waals surface area contributed by atoms with Gasteiger partial charge in [-0.05, 0) is 61.6 Å². The molecule has 0 unspecified atom stereocenters. The molecule has 22 heavy (non-hydrogen) atoms. The topological polar surface area (TPSA) is 0 Å². The number of halogens is 5. The lowest BCUT2D eigenvalue weighted by atomic mass is 9.78. The molecule has 2 rings (SSSR count). The Bertz CT molecular complexity index is 513. The fourth-order valence-electron chi connectivity index (χ4n) is 3.07. The maximum absolute atomic E-state index is 13.6. The van der Waals surface area contributed by atoms with Gasteiger partial charge < -0.3 is 0 Å². The highest BCUT2D eigenvalue weighted by atomic mass is 19.4. The van der Waals surface area contributed by atoms with E-state index in [-0.39, 0.29) is 5.92 Å². The average molecular weight is 318 g/mol. The Hall–Kier alpha value is -1.39. The van der Waals surface area contributed by atoms with Crippen LogP contribution in [0.5, 0.6) is 0 Å². The number of hydrogen-bond donors (Lipinski definition) is 0. The fraction of sp³-hybridized carbons (Fsp3) is 0.529. The van der Waals surface area contributed by atoms with Crippen LogP contribution in [0, 0.1) is 17.6 Å². The van der Waals surface area contributed by atoms with E-state index < -0.39 is 23.4 Å². The van der Waals surface area contributed by atoms with Crippen LogP contribution in [0.4, 0.5) is 22.0 Å². The fourth-order valence-corrected chi connectivity index (χ4v) is 3.07. The third-order valence-electron chi connectivity index (χ3n) is 4.24. The minimum Gasteiger partial charge on any atom is -0.206 e. The second-order valence-electron chi connectivity index (χ2n) is 5.81. The van der Waals surface area contributed by atoms with Crippen molar-refractivity contribution in [3.8, 4) is 0 Å². The van der Waals surface area contributed by atoms with Crippen LogP contribution >= 0.6 is 0 Å².